The molecule has 1 unspecified atom stereocenters. The van der Waals surface area contributed by atoms with Crippen LogP contribution in [-0.2, 0) is 23.2 Å². The average Bonchev–Trinajstić information content (AvgIpc) is 2.58. The molecule has 0 aromatic carbocycles. The molecule has 0 saturated carbocycles. The van der Waals surface area contributed by atoms with Gasteiger partial charge in [0, 0.05) is 13.6 Å². The molecule has 2 rings (SSSR count). The van der Waals surface area contributed by atoms with E-state index in [0.717, 1.165) is 29.8 Å². The van der Waals surface area contributed by atoms with E-state index >= 15 is 0 Å². The highest BCUT2D eigenvalue weighted by Crippen LogP contribution is 2.35. The number of hydrogen-bond acceptors (Lipinski definition) is 3. The van der Waals surface area contributed by atoms with Crippen molar-refractivity contribution in [1.82, 2.24) is 14.1 Å². The maximum absolute atomic E-state index is 12.8. The minimum Gasteiger partial charge on any atom is -0.270 e. The first-order chi connectivity index (χ1) is 9.60. The van der Waals surface area contributed by atoms with Crippen LogP contribution in [0.5, 0.6) is 0 Å². The Morgan fingerprint density at radius 3 is 2.48 bits per heavy atom. The van der Waals surface area contributed by atoms with Gasteiger partial charge in [-0.2, -0.15) is 22.6 Å². The molecule has 0 aliphatic carbocycles. The third-order valence-electron chi connectivity index (χ3n) is 3.68. The van der Waals surface area contributed by atoms with Gasteiger partial charge in [-0.25, -0.2) is 8.42 Å². The lowest BCUT2D eigenvalue weighted by Crippen LogP contribution is -2.34. The van der Waals surface area contributed by atoms with Gasteiger partial charge in [0.25, 0.3) is 0 Å². The third kappa shape index (κ3) is 3.57. The van der Waals surface area contributed by atoms with Gasteiger partial charge >= 0.3 is 6.18 Å². The molecule has 1 atom stereocenters. The van der Waals surface area contributed by atoms with Crippen molar-refractivity contribution in [2.75, 3.05) is 12.8 Å². The molecule has 0 radical (unpaired) electrons. The second-order valence-corrected chi connectivity index (χ2v) is 7.25. The van der Waals surface area contributed by atoms with Crippen LogP contribution in [0.2, 0.25) is 0 Å². The van der Waals surface area contributed by atoms with E-state index in [1.54, 1.807) is 0 Å². The Balaban J connectivity index is 2.44. The summed E-state index contributed by atoms with van der Waals surface area (Å²) in [5.74, 6) is 0. The topological polar surface area (TPSA) is 55.2 Å². The van der Waals surface area contributed by atoms with Crippen molar-refractivity contribution in [1.29, 1.82) is 0 Å². The average molecular weight is 325 g/mol. The SMILES string of the molecule is Cn1nc(C(F)(F)F)cc1C1CCCCCN1S(C)(=O)=O. The lowest BCUT2D eigenvalue weighted by molar-refractivity contribution is -0.141. The fraction of sp³-hybridized carbons (Fsp3) is 0.750. The molecule has 1 aromatic rings. The van der Waals surface area contributed by atoms with Gasteiger partial charge in [0.05, 0.1) is 18.0 Å². The van der Waals surface area contributed by atoms with Gasteiger partial charge in [-0.3, -0.25) is 4.68 Å². The zero-order chi connectivity index (χ0) is 15.8. The van der Waals surface area contributed by atoms with E-state index in [1.165, 1.54) is 11.4 Å². The second kappa shape index (κ2) is 5.60. The first-order valence-corrected chi connectivity index (χ1v) is 8.53. The number of halogens is 3. The standard InChI is InChI=1S/C12H18F3N3O2S/c1-17-10(8-11(16-17)12(13,14)15)9-6-4-3-5-7-18(9)21(2,19)20/h8-9H,3-7H2,1-2H3. The maximum Gasteiger partial charge on any atom is 0.435 e. The Bertz CT molecular complexity index is 610. The van der Waals surface area contributed by atoms with Crippen LogP contribution in [0.3, 0.4) is 0 Å². The van der Waals surface area contributed by atoms with Gasteiger partial charge in [0.1, 0.15) is 0 Å². The van der Waals surface area contributed by atoms with Gasteiger partial charge in [0.2, 0.25) is 10.0 Å². The Morgan fingerprint density at radius 2 is 1.95 bits per heavy atom. The summed E-state index contributed by atoms with van der Waals surface area (Å²) in [6, 6.07) is 0.366. The van der Waals surface area contributed by atoms with Crippen molar-refractivity contribution in [2.45, 2.75) is 37.9 Å². The predicted molar refractivity (Wildman–Crippen MR) is 71.0 cm³/mol. The Kier molecular flexibility index (Phi) is 4.34. The monoisotopic (exact) mass is 325 g/mol. The summed E-state index contributed by atoms with van der Waals surface area (Å²) in [7, 11) is -2.07. The number of rotatable bonds is 2. The van der Waals surface area contributed by atoms with Crippen LogP contribution in [0.4, 0.5) is 13.2 Å². The lowest BCUT2D eigenvalue weighted by Gasteiger charge is -2.27. The quantitative estimate of drug-likeness (QED) is 0.838. The smallest absolute Gasteiger partial charge is 0.270 e. The van der Waals surface area contributed by atoms with E-state index in [0.29, 0.717) is 19.4 Å². The number of sulfonamides is 1. The molecule has 1 aliphatic rings. The van der Waals surface area contributed by atoms with Crippen LogP contribution in [0.1, 0.15) is 43.1 Å². The van der Waals surface area contributed by atoms with Gasteiger partial charge in [0.15, 0.2) is 5.69 Å². The molecule has 1 aromatic heterocycles. The fourth-order valence-electron chi connectivity index (χ4n) is 2.71. The molecular formula is C12H18F3N3O2S. The van der Waals surface area contributed by atoms with E-state index in [4.69, 9.17) is 0 Å². The van der Waals surface area contributed by atoms with Gasteiger partial charge in [-0.15, -0.1) is 0 Å². The van der Waals surface area contributed by atoms with E-state index < -0.39 is 27.9 Å². The molecule has 0 amide bonds. The maximum atomic E-state index is 12.8. The molecule has 21 heavy (non-hydrogen) atoms. The molecule has 2 heterocycles. The Morgan fingerprint density at radius 1 is 1.29 bits per heavy atom. The van der Waals surface area contributed by atoms with Crippen LogP contribution >= 0.6 is 0 Å². The van der Waals surface area contributed by atoms with Crippen LogP contribution in [0.15, 0.2) is 6.07 Å². The summed E-state index contributed by atoms with van der Waals surface area (Å²) in [6.07, 6.45) is -0.573. The number of hydrogen-bond donors (Lipinski definition) is 0. The first kappa shape index (κ1) is 16.3. The molecule has 1 fully saturated rings. The van der Waals surface area contributed by atoms with Crippen LogP contribution < -0.4 is 0 Å². The molecule has 1 saturated heterocycles. The highest BCUT2D eigenvalue weighted by atomic mass is 32.2. The number of nitrogens with zero attached hydrogens (tertiary/aromatic N) is 3. The molecule has 120 valence electrons. The lowest BCUT2D eigenvalue weighted by atomic mass is 10.1. The summed E-state index contributed by atoms with van der Waals surface area (Å²) in [4.78, 5) is 0. The molecule has 5 nitrogen and oxygen atoms in total. The predicted octanol–water partition coefficient (Wildman–Crippen LogP) is 2.32. The van der Waals surface area contributed by atoms with E-state index in [2.05, 4.69) is 5.10 Å². The van der Waals surface area contributed by atoms with Crippen LogP contribution in [0.25, 0.3) is 0 Å². The minimum absolute atomic E-state index is 0.287. The van der Waals surface area contributed by atoms with Crippen molar-refractivity contribution in [3.05, 3.63) is 17.5 Å². The summed E-state index contributed by atoms with van der Waals surface area (Å²) < 4.78 is 64.5. The van der Waals surface area contributed by atoms with Crippen molar-refractivity contribution in [2.24, 2.45) is 7.05 Å². The highest BCUT2D eigenvalue weighted by molar-refractivity contribution is 7.88. The van der Waals surface area contributed by atoms with Crippen LogP contribution in [0, 0.1) is 0 Å². The molecule has 9 heteroatoms. The number of aromatic nitrogens is 2. The van der Waals surface area contributed by atoms with E-state index in [-0.39, 0.29) is 5.69 Å². The summed E-state index contributed by atoms with van der Waals surface area (Å²) in [6.45, 7) is 0.329. The number of alkyl halides is 3. The van der Waals surface area contributed by atoms with Crippen molar-refractivity contribution < 1.29 is 21.6 Å². The van der Waals surface area contributed by atoms with Gasteiger partial charge in [-0.1, -0.05) is 12.8 Å². The fourth-order valence-corrected chi connectivity index (χ4v) is 3.84. The van der Waals surface area contributed by atoms with Crippen molar-refractivity contribution >= 4 is 10.0 Å². The third-order valence-corrected chi connectivity index (χ3v) is 4.97. The Labute approximate surface area is 121 Å². The second-order valence-electron chi connectivity index (χ2n) is 5.31. The summed E-state index contributed by atoms with van der Waals surface area (Å²) >= 11 is 0. The van der Waals surface area contributed by atoms with Gasteiger partial charge in [-0.05, 0) is 18.9 Å². The van der Waals surface area contributed by atoms with E-state index in [1.807, 2.05) is 0 Å². The Hall–Kier alpha value is -1.09. The zero-order valence-electron chi connectivity index (χ0n) is 11.9. The van der Waals surface area contributed by atoms with Gasteiger partial charge < -0.3 is 0 Å². The first-order valence-electron chi connectivity index (χ1n) is 6.68. The molecule has 1 aliphatic heterocycles. The van der Waals surface area contributed by atoms with Crippen LogP contribution in [-0.4, -0.2) is 35.3 Å². The summed E-state index contributed by atoms with van der Waals surface area (Å²) in [5, 5.41) is 3.47. The minimum atomic E-state index is -4.53. The molecule has 0 bridgehead atoms. The normalized spacial score (nSPS) is 22.2. The van der Waals surface area contributed by atoms with E-state index in [9.17, 15) is 21.6 Å². The molecule has 0 N–H and O–H groups in total. The largest absolute Gasteiger partial charge is 0.435 e. The zero-order valence-corrected chi connectivity index (χ0v) is 12.7. The van der Waals surface area contributed by atoms with Crippen molar-refractivity contribution in [3.8, 4) is 0 Å². The molecule has 0 spiro atoms. The number of aryl methyl sites for hydroxylation is 1. The highest BCUT2D eigenvalue weighted by Gasteiger charge is 2.37. The summed E-state index contributed by atoms with van der Waals surface area (Å²) in [5.41, 5.74) is -0.702. The molecular weight excluding hydrogens is 307 g/mol. The van der Waals surface area contributed by atoms with Crippen molar-refractivity contribution in [3.63, 3.8) is 0 Å².